The number of piperidine rings is 1. The molecule has 2 rings (SSSR count). The van der Waals surface area contributed by atoms with E-state index >= 15 is 0 Å². The van der Waals surface area contributed by atoms with Gasteiger partial charge in [-0.15, -0.1) is 13.2 Å². The third-order valence-corrected chi connectivity index (χ3v) is 3.25. The minimum absolute atomic E-state index is 0.0524. The summed E-state index contributed by atoms with van der Waals surface area (Å²) in [6.07, 6.45) is -2.76. The van der Waals surface area contributed by atoms with E-state index < -0.39 is 6.36 Å². The van der Waals surface area contributed by atoms with Crippen LogP contribution in [-0.2, 0) is 6.54 Å². The zero-order valence-corrected chi connectivity index (χ0v) is 10.9. The quantitative estimate of drug-likeness (QED) is 0.854. The third-order valence-electron chi connectivity index (χ3n) is 3.25. The maximum atomic E-state index is 12.0. The Bertz CT molecular complexity index is 479. The van der Waals surface area contributed by atoms with Crippen LogP contribution in [0.15, 0.2) is 24.3 Å². The molecule has 1 atom stereocenters. The molecule has 1 aliphatic heterocycles. The van der Waals surface area contributed by atoms with Crippen LogP contribution < -0.4 is 4.74 Å². The van der Waals surface area contributed by atoms with Crippen LogP contribution in [0.25, 0.3) is 0 Å². The lowest BCUT2D eigenvalue weighted by molar-refractivity contribution is -0.274. The standard InChI is InChI=1S/C14H15F3N2O/c15-14(16,17)20-13-5-3-11(4-6-13)9-19-7-1-2-12(8-18)10-19/h3-6,12H,1-2,7,9-10H2. The van der Waals surface area contributed by atoms with Crippen molar-refractivity contribution in [1.29, 1.82) is 5.26 Å². The van der Waals surface area contributed by atoms with E-state index in [2.05, 4.69) is 15.7 Å². The van der Waals surface area contributed by atoms with E-state index in [1.165, 1.54) is 12.1 Å². The van der Waals surface area contributed by atoms with Gasteiger partial charge in [-0.05, 0) is 37.1 Å². The molecule has 0 aromatic heterocycles. The van der Waals surface area contributed by atoms with Crippen molar-refractivity contribution in [1.82, 2.24) is 4.90 Å². The Morgan fingerprint density at radius 3 is 2.60 bits per heavy atom. The Balaban J connectivity index is 1.92. The molecule has 1 aromatic rings. The summed E-state index contributed by atoms with van der Waals surface area (Å²) in [7, 11) is 0. The summed E-state index contributed by atoms with van der Waals surface area (Å²) in [5.41, 5.74) is 0.915. The number of ether oxygens (including phenoxy) is 1. The van der Waals surface area contributed by atoms with Crippen LogP contribution in [0.2, 0.25) is 0 Å². The molecule has 3 nitrogen and oxygen atoms in total. The van der Waals surface area contributed by atoms with Gasteiger partial charge in [0.05, 0.1) is 12.0 Å². The zero-order chi connectivity index (χ0) is 14.6. The molecule has 6 heteroatoms. The molecule has 0 radical (unpaired) electrons. The normalized spacial score (nSPS) is 20.4. The highest BCUT2D eigenvalue weighted by Gasteiger charge is 2.31. The Labute approximate surface area is 115 Å². The van der Waals surface area contributed by atoms with Gasteiger partial charge in [-0.3, -0.25) is 4.90 Å². The SMILES string of the molecule is N#CC1CCCN(Cc2ccc(OC(F)(F)F)cc2)C1. The summed E-state index contributed by atoms with van der Waals surface area (Å²) in [5.74, 6) is -0.161. The van der Waals surface area contributed by atoms with E-state index in [-0.39, 0.29) is 11.7 Å². The molecule has 1 saturated heterocycles. The van der Waals surface area contributed by atoms with Crippen molar-refractivity contribution in [2.75, 3.05) is 13.1 Å². The first-order valence-electron chi connectivity index (χ1n) is 6.43. The number of nitrogens with zero attached hydrogens (tertiary/aromatic N) is 2. The maximum absolute atomic E-state index is 12.0. The summed E-state index contributed by atoms with van der Waals surface area (Å²) in [6.45, 7) is 2.28. The molecular formula is C14H15F3N2O. The van der Waals surface area contributed by atoms with Crippen molar-refractivity contribution in [2.24, 2.45) is 5.92 Å². The predicted octanol–water partition coefficient (Wildman–Crippen LogP) is 3.32. The highest BCUT2D eigenvalue weighted by Crippen LogP contribution is 2.24. The van der Waals surface area contributed by atoms with Gasteiger partial charge in [0.15, 0.2) is 0 Å². The van der Waals surface area contributed by atoms with E-state index in [0.717, 1.165) is 31.5 Å². The fourth-order valence-corrected chi connectivity index (χ4v) is 2.36. The number of nitriles is 1. The molecule has 108 valence electrons. The summed E-state index contributed by atoms with van der Waals surface area (Å²) >= 11 is 0. The third kappa shape index (κ3) is 4.42. The van der Waals surface area contributed by atoms with Crippen LogP contribution in [0.3, 0.4) is 0 Å². The van der Waals surface area contributed by atoms with Crippen molar-refractivity contribution >= 4 is 0 Å². The van der Waals surface area contributed by atoms with Gasteiger partial charge in [0.2, 0.25) is 0 Å². The van der Waals surface area contributed by atoms with E-state index in [1.807, 2.05) is 0 Å². The molecule has 1 unspecified atom stereocenters. The lowest BCUT2D eigenvalue weighted by Crippen LogP contribution is -2.34. The minimum Gasteiger partial charge on any atom is -0.406 e. The van der Waals surface area contributed by atoms with Crippen LogP contribution in [0, 0.1) is 17.2 Å². The van der Waals surface area contributed by atoms with Crippen LogP contribution in [0.4, 0.5) is 13.2 Å². The smallest absolute Gasteiger partial charge is 0.406 e. The van der Waals surface area contributed by atoms with Crippen molar-refractivity contribution in [3.8, 4) is 11.8 Å². The Kier molecular flexibility index (Phi) is 4.50. The van der Waals surface area contributed by atoms with Gasteiger partial charge in [0.1, 0.15) is 5.75 Å². The summed E-state index contributed by atoms with van der Waals surface area (Å²) < 4.78 is 39.9. The highest BCUT2D eigenvalue weighted by atomic mass is 19.4. The lowest BCUT2D eigenvalue weighted by atomic mass is 9.99. The van der Waals surface area contributed by atoms with Gasteiger partial charge in [0.25, 0.3) is 0 Å². The van der Waals surface area contributed by atoms with Crippen LogP contribution in [0.1, 0.15) is 18.4 Å². The molecule has 0 N–H and O–H groups in total. The van der Waals surface area contributed by atoms with Crippen molar-refractivity contribution in [2.45, 2.75) is 25.7 Å². The van der Waals surface area contributed by atoms with Crippen LogP contribution in [0.5, 0.6) is 5.75 Å². The molecule has 0 saturated carbocycles. The lowest BCUT2D eigenvalue weighted by Gasteiger charge is -2.29. The van der Waals surface area contributed by atoms with Gasteiger partial charge in [-0.2, -0.15) is 5.26 Å². The van der Waals surface area contributed by atoms with E-state index in [9.17, 15) is 13.2 Å². The number of hydrogen-bond acceptors (Lipinski definition) is 3. The molecule has 1 aliphatic rings. The number of benzene rings is 1. The Morgan fingerprint density at radius 2 is 2.00 bits per heavy atom. The second-order valence-corrected chi connectivity index (χ2v) is 4.90. The number of hydrogen-bond donors (Lipinski definition) is 0. The monoisotopic (exact) mass is 284 g/mol. The fourth-order valence-electron chi connectivity index (χ4n) is 2.36. The summed E-state index contributed by atoms with van der Waals surface area (Å²) in [4.78, 5) is 2.15. The Morgan fingerprint density at radius 1 is 1.30 bits per heavy atom. The minimum atomic E-state index is -4.66. The first-order chi connectivity index (χ1) is 9.46. The first kappa shape index (κ1) is 14.7. The molecule has 0 aliphatic carbocycles. The zero-order valence-electron chi connectivity index (χ0n) is 10.9. The molecule has 1 heterocycles. The largest absolute Gasteiger partial charge is 0.573 e. The average Bonchev–Trinajstić information content (AvgIpc) is 2.40. The molecule has 20 heavy (non-hydrogen) atoms. The number of likely N-dealkylation sites (tertiary alicyclic amines) is 1. The average molecular weight is 284 g/mol. The van der Waals surface area contributed by atoms with E-state index in [1.54, 1.807) is 12.1 Å². The maximum Gasteiger partial charge on any atom is 0.573 e. The van der Waals surface area contributed by atoms with Crippen LogP contribution in [-0.4, -0.2) is 24.4 Å². The second kappa shape index (κ2) is 6.14. The van der Waals surface area contributed by atoms with Crippen molar-refractivity contribution < 1.29 is 17.9 Å². The van der Waals surface area contributed by atoms with Crippen molar-refractivity contribution in [3.05, 3.63) is 29.8 Å². The molecule has 0 bridgehead atoms. The summed E-state index contributed by atoms with van der Waals surface area (Å²) in [5, 5.41) is 8.92. The van der Waals surface area contributed by atoms with Crippen molar-refractivity contribution in [3.63, 3.8) is 0 Å². The Hall–Kier alpha value is -1.74. The number of rotatable bonds is 3. The van der Waals surface area contributed by atoms with Gasteiger partial charge in [-0.25, -0.2) is 0 Å². The van der Waals surface area contributed by atoms with Gasteiger partial charge in [0, 0.05) is 13.1 Å². The highest BCUT2D eigenvalue weighted by molar-refractivity contribution is 5.27. The van der Waals surface area contributed by atoms with Crippen LogP contribution >= 0.6 is 0 Å². The fraction of sp³-hybridized carbons (Fsp3) is 0.500. The molecular weight excluding hydrogens is 269 g/mol. The number of halogens is 3. The van der Waals surface area contributed by atoms with E-state index in [4.69, 9.17) is 5.26 Å². The van der Waals surface area contributed by atoms with Gasteiger partial charge < -0.3 is 4.74 Å². The molecule has 1 aromatic carbocycles. The molecule has 1 fully saturated rings. The predicted molar refractivity (Wildman–Crippen MR) is 66.7 cm³/mol. The van der Waals surface area contributed by atoms with Gasteiger partial charge >= 0.3 is 6.36 Å². The second-order valence-electron chi connectivity index (χ2n) is 4.90. The van der Waals surface area contributed by atoms with E-state index in [0.29, 0.717) is 6.54 Å². The van der Waals surface area contributed by atoms with Gasteiger partial charge in [-0.1, -0.05) is 12.1 Å². The molecule has 0 spiro atoms. The summed E-state index contributed by atoms with van der Waals surface area (Å²) in [6, 6.07) is 8.14. The molecule has 0 amide bonds. The number of alkyl halides is 3. The first-order valence-corrected chi connectivity index (χ1v) is 6.43. The topological polar surface area (TPSA) is 36.3 Å².